The minimum atomic E-state index is 0. The van der Waals surface area contributed by atoms with Crippen molar-refractivity contribution in [2.45, 2.75) is 13.5 Å². The summed E-state index contributed by atoms with van der Waals surface area (Å²) >= 11 is 0. The van der Waals surface area contributed by atoms with Gasteiger partial charge in [-0.05, 0) is 12.5 Å². The number of nitrogens with one attached hydrogen (secondary N) is 1. The highest BCUT2D eigenvalue weighted by atomic mass is 35.5. The smallest absolute Gasteiger partial charge is 0.160 e. The Hall–Kier alpha value is -1.84. The molecule has 110 valence electrons. The molecule has 0 saturated heterocycles. The van der Waals surface area contributed by atoms with Gasteiger partial charge >= 0.3 is 0 Å². The summed E-state index contributed by atoms with van der Waals surface area (Å²) in [6, 6.07) is 13.8. The Morgan fingerprint density at radius 1 is 1.10 bits per heavy atom. The number of hydrogen-bond donors (Lipinski definition) is 1. The van der Waals surface area contributed by atoms with Crippen LogP contribution >= 0.6 is 12.4 Å². The summed E-state index contributed by atoms with van der Waals surface area (Å²) in [5, 5.41) is 3.33. The molecular formula is C17H18ClNO2. The van der Waals surface area contributed by atoms with Crippen LogP contribution in [0, 0.1) is 0 Å². The molecule has 1 aliphatic heterocycles. The summed E-state index contributed by atoms with van der Waals surface area (Å²) in [4.78, 5) is 11.8. The zero-order valence-corrected chi connectivity index (χ0v) is 12.7. The van der Waals surface area contributed by atoms with Gasteiger partial charge in [0.2, 0.25) is 0 Å². The van der Waals surface area contributed by atoms with Crippen molar-refractivity contribution in [2.24, 2.45) is 0 Å². The third kappa shape index (κ3) is 3.09. The molecule has 0 spiro atoms. The quantitative estimate of drug-likeness (QED) is 0.864. The second kappa shape index (κ2) is 6.74. The van der Waals surface area contributed by atoms with Crippen molar-refractivity contribution in [3.05, 3.63) is 53.6 Å². The number of ether oxygens (including phenoxy) is 1. The van der Waals surface area contributed by atoms with Gasteiger partial charge < -0.3 is 10.1 Å². The van der Waals surface area contributed by atoms with E-state index in [2.05, 4.69) is 11.4 Å². The number of carbonyl (C=O) groups is 1. The van der Waals surface area contributed by atoms with Gasteiger partial charge in [0.1, 0.15) is 12.4 Å². The first-order valence-corrected chi connectivity index (χ1v) is 6.83. The zero-order chi connectivity index (χ0) is 13.9. The maximum atomic E-state index is 11.8. The van der Waals surface area contributed by atoms with Gasteiger partial charge in [0, 0.05) is 29.8 Å². The summed E-state index contributed by atoms with van der Waals surface area (Å²) in [6.45, 7) is 3.88. The molecule has 1 N–H and O–H groups in total. The van der Waals surface area contributed by atoms with Crippen LogP contribution in [0.25, 0.3) is 11.1 Å². The molecule has 0 fully saturated rings. The normalized spacial score (nSPS) is 13.4. The van der Waals surface area contributed by atoms with Crippen LogP contribution in [0.3, 0.4) is 0 Å². The van der Waals surface area contributed by atoms with Gasteiger partial charge in [0.25, 0.3) is 0 Å². The van der Waals surface area contributed by atoms with E-state index < -0.39 is 0 Å². The lowest BCUT2D eigenvalue weighted by atomic mass is 9.95. The fraction of sp³-hybridized carbons (Fsp3) is 0.235. The molecule has 0 unspecified atom stereocenters. The predicted octanol–water partition coefficient (Wildman–Crippen LogP) is 3.46. The average molecular weight is 304 g/mol. The summed E-state index contributed by atoms with van der Waals surface area (Å²) in [5.74, 6) is 0.969. The van der Waals surface area contributed by atoms with Crippen LogP contribution in [0.5, 0.6) is 5.75 Å². The van der Waals surface area contributed by atoms with Crippen molar-refractivity contribution in [2.75, 3.05) is 13.2 Å². The Morgan fingerprint density at radius 3 is 2.67 bits per heavy atom. The molecule has 0 aliphatic carbocycles. The fourth-order valence-corrected chi connectivity index (χ4v) is 2.58. The number of benzene rings is 2. The van der Waals surface area contributed by atoms with Crippen molar-refractivity contribution in [3.8, 4) is 16.9 Å². The number of para-hydroxylation sites is 1. The molecule has 0 radical (unpaired) electrons. The van der Waals surface area contributed by atoms with Gasteiger partial charge in [-0.3, -0.25) is 4.79 Å². The first-order chi connectivity index (χ1) is 9.77. The molecule has 2 aromatic rings. The Labute approximate surface area is 130 Å². The number of Topliss-reactive ketones (excluding diaryl/α,β-unsaturated/α-hetero) is 1. The van der Waals surface area contributed by atoms with Crippen LogP contribution in [0.2, 0.25) is 0 Å². The second-order valence-corrected chi connectivity index (χ2v) is 4.92. The molecule has 0 amide bonds. The third-order valence-corrected chi connectivity index (χ3v) is 3.53. The number of carbonyl (C=O) groups excluding carboxylic acids is 1. The highest BCUT2D eigenvalue weighted by Crippen LogP contribution is 2.36. The van der Waals surface area contributed by atoms with E-state index >= 15 is 0 Å². The van der Waals surface area contributed by atoms with E-state index in [9.17, 15) is 4.79 Å². The van der Waals surface area contributed by atoms with Crippen LogP contribution in [-0.2, 0) is 6.54 Å². The van der Waals surface area contributed by atoms with E-state index in [0.29, 0.717) is 6.61 Å². The maximum Gasteiger partial charge on any atom is 0.160 e. The minimum absolute atomic E-state index is 0. The van der Waals surface area contributed by atoms with Crippen LogP contribution in [0.15, 0.2) is 42.5 Å². The van der Waals surface area contributed by atoms with E-state index in [1.165, 1.54) is 0 Å². The van der Waals surface area contributed by atoms with Crippen LogP contribution in [0.1, 0.15) is 22.8 Å². The number of halogens is 1. The molecular weight excluding hydrogens is 286 g/mol. The molecule has 1 heterocycles. The topological polar surface area (TPSA) is 38.3 Å². The zero-order valence-electron chi connectivity index (χ0n) is 11.9. The Bertz CT molecular complexity index is 655. The number of ketones is 1. The molecule has 21 heavy (non-hydrogen) atoms. The van der Waals surface area contributed by atoms with Crippen molar-refractivity contribution in [1.29, 1.82) is 0 Å². The summed E-state index contributed by atoms with van der Waals surface area (Å²) in [7, 11) is 0. The number of hydrogen-bond acceptors (Lipinski definition) is 3. The molecule has 2 aromatic carbocycles. The number of fused-ring (bicyclic) bond motifs is 1. The monoisotopic (exact) mass is 303 g/mol. The van der Waals surface area contributed by atoms with Crippen molar-refractivity contribution < 1.29 is 9.53 Å². The van der Waals surface area contributed by atoms with Crippen molar-refractivity contribution in [1.82, 2.24) is 5.32 Å². The lowest BCUT2D eigenvalue weighted by Crippen LogP contribution is -2.16. The van der Waals surface area contributed by atoms with Crippen molar-refractivity contribution in [3.63, 3.8) is 0 Å². The van der Waals surface area contributed by atoms with E-state index in [1.807, 2.05) is 36.4 Å². The van der Waals surface area contributed by atoms with E-state index in [0.717, 1.165) is 41.1 Å². The van der Waals surface area contributed by atoms with Gasteiger partial charge in [0.15, 0.2) is 5.78 Å². The molecule has 0 bridgehead atoms. The second-order valence-electron chi connectivity index (χ2n) is 4.92. The highest BCUT2D eigenvalue weighted by Gasteiger charge is 2.17. The Morgan fingerprint density at radius 2 is 1.86 bits per heavy atom. The third-order valence-electron chi connectivity index (χ3n) is 3.53. The van der Waals surface area contributed by atoms with Crippen LogP contribution in [0.4, 0.5) is 0 Å². The Balaban J connectivity index is 0.00000161. The highest BCUT2D eigenvalue weighted by molar-refractivity contribution is 6.01. The largest absolute Gasteiger partial charge is 0.491 e. The lowest BCUT2D eigenvalue weighted by Gasteiger charge is -2.14. The van der Waals surface area contributed by atoms with Gasteiger partial charge in [-0.15, -0.1) is 12.4 Å². The summed E-state index contributed by atoms with van der Waals surface area (Å²) in [6.07, 6.45) is 0. The average Bonchev–Trinajstić information content (AvgIpc) is 2.72. The fourth-order valence-electron chi connectivity index (χ4n) is 2.58. The SMILES string of the molecule is CC(=O)c1ccccc1-c1cccc2c1OCCNC2.Cl. The first kappa shape index (κ1) is 15.5. The number of rotatable bonds is 2. The van der Waals surface area contributed by atoms with Gasteiger partial charge in [-0.25, -0.2) is 0 Å². The van der Waals surface area contributed by atoms with Crippen molar-refractivity contribution >= 4 is 18.2 Å². The van der Waals surface area contributed by atoms with E-state index in [1.54, 1.807) is 6.92 Å². The van der Waals surface area contributed by atoms with Gasteiger partial charge in [0.05, 0.1) is 0 Å². The molecule has 1 aliphatic rings. The van der Waals surface area contributed by atoms with Crippen LogP contribution < -0.4 is 10.1 Å². The molecule has 0 saturated carbocycles. The molecule has 0 atom stereocenters. The maximum absolute atomic E-state index is 11.8. The van der Waals surface area contributed by atoms with Crippen LogP contribution in [-0.4, -0.2) is 18.9 Å². The van der Waals surface area contributed by atoms with E-state index in [4.69, 9.17) is 4.74 Å². The van der Waals surface area contributed by atoms with Gasteiger partial charge in [-0.1, -0.05) is 42.5 Å². The molecule has 0 aromatic heterocycles. The molecule has 3 rings (SSSR count). The summed E-state index contributed by atoms with van der Waals surface area (Å²) < 4.78 is 5.89. The Kier molecular flexibility index (Phi) is 4.99. The van der Waals surface area contributed by atoms with E-state index in [-0.39, 0.29) is 18.2 Å². The summed E-state index contributed by atoms with van der Waals surface area (Å²) in [5.41, 5.74) is 3.82. The first-order valence-electron chi connectivity index (χ1n) is 6.83. The lowest BCUT2D eigenvalue weighted by molar-refractivity contribution is 0.101. The standard InChI is InChI=1S/C17H17NO2.ClH/c1-12(19)14-6-2-3-7-15(14)16-8-4-5-13-11-18-9-10-20-17(13)16;/h2-8,18H,9-11H2,1H3;1H. The molecule has 4 heteroatoms. The molecule has 3 nitrogen and oxygen atoms in total. The van der Waals surface area contributed by atoms with Gasteiger partial charge in [-0.2, -0.15) is 0 Å². The predicted molar refractivity (Wildman–Crippen MR) is 86.3 cm³/mol. The minimum Gasteiger partial charge on any atom is -0.491 e.